The van der Waals surface area contributed by atoms with Gasteiger partial charge in [0.25, 0.3) is 5.91 Å². The van der Waals surface area contributed by atoms with E-state index in [2.05, 4.69) is 5.32 Å². The number of hydrogen-bond donors (Lipinski definition) is 2. The van der Waals surface area contributed by atoms with Crippen LogP contribution in [0.2, 0.25) is 0 Å². The van der Waals surface area contributed by atoms with Crippen LogP contribution < -0.4 is 15.8 Å². The summed E-state index contributed by atoms with van der Waals surface area (Å²) in [6.45, 7) is 2.69. The van der Waals surface area contributed by atoms with Crippen LogP contribution in [0.15, 0.2) is 18.2 Å². The monoisotopic (exact) mass is 284 g/mol. The van der Waals surface area contributed by atoms with Gasteiger partial charge in [-0.2, -0.15) is 0 Å². The number of ether oxygens (including phenoxy) is 2. The number of methoxy groups -OCH3 is 1. The molecular formula is C14H21FN2O3. The molecule has 0 aliphatic heterocycles. The van der Waals surface area contributed by atoms with Crippen molar-refractivity contribution in [2.45, 2.75) is 19.4 Å². The van der Waals surface area contributed by atoms with Crippen molar-refractivity contribution in [1.82, 2.24) is 5.32 Å². The highest BCUT2D eigenvalue weighted by Crippen LogP contribution is 2.24. The third-order valence-corrected chi connectivity index (χ3v) is 2.67. The van der Waals surface area contributed by atoms with E-state index in [1.54, 1.807) is 20.1 Å². The first-order valence-corrected chi connectivity index (χ1v) is 6.48. The second-order valence-corrected chi connectivity index (χ2v) is 4.46. The number of nitrogens with one attached hydrogen (secondary N) is 1. The number of amides is 1. The lowest BCUT2D eigenvalue weighted by molar-refractivity contribution is -0.123. The van der Waals surface area contributed by atoms with E-state index in [-0.39, 0.29) is 18.6 Å². The van der Waals surface area contributed by atoms with Gasteiger partial charge in [-0.25, -0.2) is 4.39 Å². The van der Waals surface area contributed by atoms with Gasteiger partial charge in [-0.1, -0.05) is 6.07 Å². The molecule has 1 aromatic carbocycles. The van der Waals surface area contributed by atoms with Gasteiger partial charge in [0.05, 0.1) is 0 Å². The van der Waals surface area contributed by atoms with E-state index in [0.717, 1.165) is 6.42 Å². The molecule has 1 aromatic rings. The Morgan fingerprint density at radius 3 is 2.90 bits per heavy atom. The van der Waals surface area contributed by atoms with Gasteiger partial charge in [0.1, 0.15) is 11.6 Å². The number of nitrogens with two attached hydrogens (primary N) is 1. The molecular weight excluding hydrogens is 263 g/mol. The molecule has 3 N–H and O–H groups in total. The SMILES string of the molecule is COCCCNC(=O)COc1cc(F)ccc1[C@H](C)N. The van der Waals surface area contributed by atoms with Crippen LogP contribution in [0, 0.1) is 5.82 Å². The maximum Gasteiger partial charge on any atom is 0.257 e. The number of carbonyl (C=O) groups is 1. The zero-order valence-corrected chi connectivity index (χ0v) is 11.8. The van der Waals surface area contributed by atoms with Gasteiger partial charge in [-0.05, 0) is 19.4 Å². The molecule has 0 unspecified atom stereocenters. The average Bonchev–Trinajstić information content (AvgIpc) is 2.41. The van der Waals surface area contributed by atoms with Crippen LogP contribution in [0.3, 0.4) is 0 Å². The first-order valence-electron chi connectivity index (χ1n) is 6.48. The Labute approximate surface area is 118 Å². The van der Waals surface area contributed by atoms with Crippen molar-refractivity contribution < 1.29 is 18.7 Å². The fourth-order valence-electron chi connectivity index (χ4n) is 1.65. The van der Waals surface area contributed by atoms with Gasteiger partial charge in [-0.3, -0.25) is 4.79 Å². The zero-order valence-electron chi connectivity index (χ0n) is 11.8. The summed E-state index contributed by atoms with van der Waals surface area (Å²) in [4.78, 5) is 11.5. The van der Waals surface area contributed by atoms with E-state index < -0.39 is 5.82 Å². The molecule has 0 fully saturated rings. The van der Waals surface area contributed by atoms with Gasteiger partial charge in [0.15, 0.2) is 6.61 Å². The number of rotatable bonds is 8. The second kappa shape index (κ2) is 8.50. The Balaban J connectivity index is 2.48. The largest absolute Gasteiger partial charge is 0.483 e. The zero-order chi connectivity index (χ0) is 15.0. The number of carbonyl (C=O) groups excluding carboxylic acids is 1. The van der Waals surface area contributed by atoms with Crippen LogP contribution in [-0.4, -0.2) is 32.8 Å². The lowest BCUT2D eigenvalue weighted by Crippen LogP contribution is -2.30. The van der Waals surface area contributed by atoms with Crippen LogP contribution in [0.1, 0.15) is 24.9 Å². The van der Waals surface area contributed by atoms with Crippen LogP contribution in [0.25, 0.3) is 0 Å². The number of hydrogen-bond acceptors (Lipinski definition) is 4. The normalized spacial score (nSPS) is 12.0. The summed E-state index contributed by atoms with van der Waals surface area (Å²) in [5.41, 5.74) is 6.43. The lowest BCUT2D eigenvalue weighted by atomic mass is 10.1. The van der Waals surface area contributed by atoms with Crippen molar-refractivity contribution in [3.05, 3.63) is 29.6 Å². The molecule has 5 nitrogen and oxygen atoms in total. The quantitative estimate of drug-likeness (QED) is 0.707. The van der Waals surface area contributed by atoms with E-state index in [9.17, 15) is 9.18 Å². The van der Waals surface area contributed by atoms with E-state index in [4.69, 9.17) is 15.2 Å². The number of halogens is 1. The summed E-state index contributed by atoms with van der Waals surface area (Å²) in [6, 6.07) is 3.81. The average molecular weight is 284 g/mol. The van der Waals surface area contributed by atoms with Gasteiger partial charge in [-0.15, -0.1) is 0 Å². The molecule has 6 heteroatoms. The Morgan fingerprint density at radius 1 is 1.50 bits per heavy atom. The van der Waals surface area contributed by atoms with Crippen molar-refractivity contribution in [1.29, 1.82) is 0 Å². The molecule has 20 heavy (non-hydrogen) atoms. The van der Waals surface area contributed by atoms with Gasteiger partial charge >= 0.3 is 0 Å². The standard InChI is InChI=1S/C14H21FN2O3/c1-10(16)12-5-4-11(15)8-13(12)20-9-14(18)17-6-3-7-19-2/h4-5,8,10H,3,6-7,9,16H2,1-2H3,(H,17,18)/t10-/m0/s1. The third kappa shape index (κ3) is 5.54. The minimum Gasteiger partial charge on any atom is -0.483 e. The molecule has 0 spiro atoms. The topological polar surface area (TPSA) is 73.6 Å². The maximum atomic E-state index is 13.2. The first kappa shape index (κ1) is 16.4. The minimum absolute atomic E-state index is 0.170. The molecule has 0 aliphatic carbocycles. The molecule has 0 bridgehead atoms. The molecule has 1 rings (SSSR count). The summed E-state index contributed by atoms with van der Waals surface area (Å²) in [6.07, 6.45) is 0.729. The van der Waals surface area contributed by atoms with Crippen molar-refractivity contribution in [3.8, 4) is 5.75 Å². The minimum atomic E-state index is -0.426. The summed E-state index contributed by atoms with van der Waals surface area (Å²) >= 11 is 0. The van der Waals surface area contributed by atoms with Crippen molar-refractivity contribution in [2.24, 2.45) is 5.73 Å². The Hall–Kier alpha value is -1.66. The number of benzene rings is 1. The predicted octanol–water partition coefficient (Wildman–Crippen LogP) is 1.38. The lowest BCUT2D eigenvalue weighted by Gasteiger charge is -2.14. The maximum absolute atomic E-state index is 13.2. The van der Waals surface area contributed by atoms with Crippen LogP contribution in [0.5, 0.6) is 5.75 Å². The summed E-state index contributed by atoms with van der Waals surface area (Å²) in [7, 11) is 1.60. The molecule has 1 atom stereocenters. The molecule has 0 heterocycles. The Morgan fingerprint density at radius 2 is 2.25 bits per heavy atom. The summed E-state index contributed by atoms with van der Waals surface area (Å²) in [5, 5.41) is 2.68. The predicted molar refractivity (Wildman–Crippen MR) is 74.0 cm³/mol. The highest BCUT2D eigenvalue weighted by molar-refractivity contribution is 5.77. The van der Waals surface area contributed by atoms with E-state index in [1.165, 1.54) is 12.1 Å². The van der Waals surface area contributed by atoms with Crippen LogP contribution in [-0.2, 0) is 9.53 Å². The Kier molecular flexibility index (Phi) is 6.97. The third-order valence-electron chi connectivity index (χ3n) is 2.67. The summed E-state index contributed by atoms with van der Waals surface area (Å²) in [5.74, 6) is -0.391. The van der Waals surface area contributed by atoms with E-state index in [0.29, 0.717) is 24.5 Å². The molecule has 0 saturated heterocycles. The second-order valence-electron chi connectivity index (χ2n) is 4.46. The fourth-order valence-corrected chi connectivity index (χ4v) is 1.65. The van der Waals surface area contributed by atoms with Gasteiger partial charge in [0, 0.05) is 37.9 Å². The van der Waals surface area contributed by atoms with E-state index in [1.807, 2.05) is 0 Å². The van der Waals surface area contributed by atoms with Gasteiger partial charge in [0.2, 0.25) is 0 Å². The molecule has 0 aliphatic rings. The highest BCUT2D eigenvalue weighted by Gasteiger charge is 2.11. The van der Waals surface area contributed by atoms with E-state index >= 15 is 0 Å². The Bertz CT molecular complexity index is 438. The highest BCUT2D eigenvalue weighted by atomic mass is 19.1. The van der Waals surface area contributed by atoms with Crippen molar-refractivity contribution in [3.63, 3.8) is 0 Å². The molecule has 0 aromatic heterocycles. The summed E-state index contributed by atoms with van der Waals surface area (Å²) < 4.78 is 23.4. The fraction of sp³-hybridized carbons (Fsp3) is 0.500. The van der Waals surface area contributed by atoms with Crippen LogP contribution >= 0.6 is 0 Å². The molecule has 0 radical (unpaired) electrons. The van der Waals surface area contributed by atoms with Crippen LogP contribution in [0.4, 0.5) is 4.39 Å². The van der Waals surface area contributed by atoms with Crippen molar-refractivity contribution >= 4 is 5.91 Å². The first-order chi connectivity index (χ1) is 9.54. The smallest absolute Gasteiger partial charge is 0.257 e. The van der Waals surface area contributed by atoms with Crippen molar-refractivity contribution in [2.75, 3.05) is 26.9 Å². The molecule has 112 valence electrons. The molecule has 1 amide bonds. The molecule has 0 saturated carbocycles. The van der Waals surface area contributed by atoms with Gasteiger partial charge < -0.3 is 20.5 Å².